The van der Waals surface area contributed by atoms with Crippen molar-refractivity contribution in [3.8, 4) is 32.6 Å². The lowest BCUT2D eigenvalue weighted by Gasteiger charge is -2.08. The minimum Gasteiger partial charge on any atom is -0.493 e. The molecule has 30 heavy (non-hydrogen) atoms. The molecule has 0 aliphatic carbocycles. The van der Waals surface area contributed by atoms with Crippen LogP contribution in [0, 0.1) is 11.8 Å². The number of thiazole rings is 2. The molecule has 0 saturated heterocycles. The Morgan fingerprint density at radius 1 is 0.633 bits per heavy atom. The van der Waals surface area contributed by atoms with E-state index >= 15 is 0 Å². The predicted molar refractivity (Wildman–Crippen MR) is 127 cm³/mol. The van der Waals surface area contributed by atoms with Crippen LogP contribution in [0.4, 0.5) is 0 Å². The zero-order valence-corrected chi connectivity index (χ0v) is 19.3. The van der Waals surface area contributed by atoms with Gasteiger partial charge in [-0.1, -0.05) is 50.4 Å². The van der Waals surface area contributed by atoms with E-state index in [1.165, 1.54) is 0 Å². The molecule has 0 bridgehead atoms. The third-order valence-electron chi connectivity index (χ3n) is 4.35. The van der Waals surface area contributed by atoms with Crippen molar-refractivity contribution in [2.45, 2.75) is 27.7 Å². The van der Waals surface area contributed by atoms with Gasteiger partial charge in [-0.25, -0.2) is 9.97 Å². The van der Waals surface area contributed by atoms with Crippen molar-refractivity contribution in [3.05, 3.63) is 48.5 Å². The van der Waals surface area contributed by atoms with Crippen LogP contribution < -0.4 is 9.47 Å². The first kappa shape index (κ1) is 20.8. The molecule has 0 aliphatic rings. The molecule has 4 rings (SSSR count). The van der Waals surface area contributed by atoms with E-state index in [1.807, 2.05) is 24.3 Å². The van der Waals surface area contributed by atoms with Gasteiger partial charge < -0.3 is 9.47 Å². The molecule has 0 aliphatic heterocycles. The first-order valence-corrected chi connectivity index (χ1v) is 11.8. The Hall–Kier alpha value is -2.44. The first-order valence-electron chi connectivity index (χ1n) is 10.2. The molecule has 0 radical (unpaired) electrons. The Morgan fingerprint density at radius 3 is 1.33 bits per heavy atom. The van der Waals surface area contributed by atoms with Crippen molar-refractivity contribution in [1.82, 2.24) is 9.97 Å². The molecule has 0 N–H and O–H groups in total. The molecule has 2 heterocycles. The molecule has 156 valence electrons. The lowest BCUT2D eigenvalue weighted by molar-refractivity contribution is 0.271. The molecule has 0 atom stereocenters. The Balaban J connectivity index is 1.47. The Morgan fingerprint density at radius 2 is 1.00 bits per heavy atom. The van der Waals surface area contributed by atoms with Gasteiger partial charge in [-0.3, -0.25) is 0 Å². The van der Waals surface area contributed by atoms with Gasteiger partial charge in [0.25, 0.3) is 0 Å². The van der Waals surface area contributed by atoms with E-state index in [4.69, 9.17) is 19.4 Å². The summed E-state index contributed by atoms with van der Waals surface area (Å²) >= 11 is 3.25. The lowest BCUT2D eigenvalue weighted by atomic mass is 10.2. The second-order valence-corrected chi connectivity index (χ2v) is 10.1. The number of benzene rings is 2. The van der Waals surface area contributed by atoms with Crippen LogP contribution in [-0.4, -0.2) is 23.2 Å². The first-order chi connectivity index (χ1) is 14.5. The van der Waals surface area contributed by atoms with E-state index in [2.05, 4.69) is 52.0 Å². The Labute approximate surface area is 185 Å². The van der Waals surface area contributed by atoms with Crippen molar-refractivity contribution in [2.24, 2.45) is 11.8 Å². The number of hydrogen-bond acceptors (Lipinski definition) is 6. The van der Waals surface area contributed by atoms with Crippen molar-refractivity contribution < 1.29 is 9.47 Å². The summed E-state index contributed by atoms with van der Waals surface area (Å²) < 4.78 is 11.5. The fourth-order valence-electron chi connectivity index (χ4n) is 2.80. The minimum atomic E-state index is 0.513. The number of hydrogen-bond donors (Lipinski definition) is 0. The highest BCUT2D eigenvalue weighted by atomic mass is 32.1. The SMILES string of the molecule is CC(C)COc1ccc(-c2nc3sc(-c4ccc(OCC(C)C)cc4)nc3s2)cc1. The second-order valence-electron chi connectivity index (χ2n) is 8.11. The summed E-state index contributed by atoms with van der Waals surface area (Å²) in [6.07, 6.45) is 0. The smallest absolute Gasteiger partial charge is 0.155 e. The van der Waals surface area contributed by atoms with E-state index in [0.717, 1.165) is 55.5 Å². The third kappa shape index (κ3) is 4.99. The standard InChI is InChI=1S/C24H26N2O2S2/c1-15(2)13-27-19-9-5-17(6-10-19)21-25-23-24(29-21)26-22(30-23)18-7-11-20(12-8-18)28-14-16(3)4/h5-12,15-16H,13-14H2,1-4H3. The molecular formula is C24H26N2O2S2. The highest BCUT2D eigenvalue weighted by molar-refractivity contribution is 7.29. The maximum Gasteiger partial charge on any atom is 0.155 e. The number of rotatable bonds is 8. The highest BCUT2D eigenvalue weighted by Crippen LogP contribution is 2.37. The van der Waals surface area contributed by atoms with Crippen LogP contribution in [0.1, 0.15) is 27.7 Å². The van der Waals surface area contributed by atoms with Gasteiger partial charge in [0.05, 0.1) is 13.2 Å². The molecule has 2 aromatic heterocycles. The summed E-state index contributed by atoms with van der Waals surface area (Å²) in [4.78, 5) is 11.6. The largest absolute Gasteiger partial charge is 0.493 e. The molecule has 0 amide bonds. The molecule has 4 nitrogen and oxygen atoms in total. The van der Waals surface area contributed by atoms with E-state index < -0.39 is 0 Å². The van der Waals surface area contributed by atoms with Crippen LogP contribution in [0.2, 0.25) is 0 Å². The van der Waals surface area contributed by atoms with Crippen LogP contribution >= 0.6 is 22.7 Å². The number of fused-ring (bicyclic) bond motifs is 1. The van der Waals surface area contributed by atoms with E-state index in [-0.39, 0.29) is 0 Å². The van der Waals surface area contributed by atoms with Crippen LogP contribution in [0.5, 0.6) is 11.5 Å². The van der Waals surface area contributed by atoms with E-state index in [9.17, 15) is 0 Å². The van der Waals surface area contributed by atoms with E-state index in [0.29, 0.717) is 11.8 Å². The average molecular weight is 439 g/mol. The van der Waals surface area contributed by atoms with Gasteiger partial charge in [0.15, 0.2) is 9.66 Å². The topological polar surface area (TPSA) is 44.2 Å². The van der Waals surface area contributed by atoms with Crippen LogP contribution in [0.25, 0.3) is 30.8 Å². The Bertz CT molecular complexity index is 980. The van der Waals surface area contributed by atoms with Crippen molar-refractivity contribution >= 4 is 32.3 Å². The molecule has 0 unspecified atom stereocenters. The molecule has 0 saturated carbocycles. The van der Waals surface area contributed by atoms with Crippen molar-refractivity contribution in [1.29, 1.82) is 0 Å². The Kier molecular flexibility index (Phi) is 6.35. The fraction of sp³-hybridized carbons (Fsp3) is 0.333. The van der Waals surface area contributed by atoms with Gasteiger partial charge in [0.1, 0.15) is 21.5 Å². The molecule has 0 fully saturated rings. The minimum absolute atomic E-state index is 0.513. The molecular weight excluding hydrogens is 412 g/mol. The summed E-state index contributed by atoms with van der Waals surface area (Å²) in [5.41, 5.74) is 2.19. The second kappa shape index (κ2) is 9.14. The average Bonchev–Trinajstić information content (AvgIpc) is 3.31. The van der Waals surface area contributed by atoms with Gasteiger partial charge in [-0.15, -0.1) is 0 Å². The molecule has 6 heteroatoms. The monoisotopic (exact) mass is 438 g/mol. The quantitative estimate of drug-likeness (QED) is 0.293. The van der Waals surface area contributed by atoms with Crippen molar-refractivity contribution in [3.63, 3.8) is 0 Å². The summed E-state index contributed by atoms with van der Waals surface area (Å²) in [7, 11) is 0. The zero-order valence-electron chi connectivity index (χ0n) is 17.7. The zero-order chi connectivity index (χ0) is 21.1. The van der Waals surface area contributed by atoms with Crippen LogP contribution in [-0.2, 0) is 0 Å². The van der Waals surface area contributed by atoms with Gasteiger partial charge in [0, 0.05) is 11.1 Å². The molecule has 4 aromatic rings. The summed E-state index contributed by atoms with van der Waals surface area (Å²) in [5.74, 6) is 2.82. The number of nitrogens with zero attached hydrogens (tertiary/aromatic N) is 2. The highest BCUT2D eigenvalue weighted by Gasteiger charge is 2.13. The lowest BCUT2D eigenvalue weighted by Crippen LogP contribution is -2.04. The van der Waals surface area contributed by atoms with Gasteiger partial charge >= 0.3 is 0 Å². The van der Waals surface area contributed by atoms with Gasteiger partial charge in [-0.2, -0.15) is 0 Å². The van der Waals surface area contributed by atoms with Crippen LogP contribution in [0.3, 0.4) is 0 Å². The maximum atomic E-state index is 5.77. The fourth-order valence-corrected chi connectivity index (χ4v) is 4.86. The third-order valence-corrected chi connectivity index (χ3v) is 6.47. The van der Waals surface area contributed by atoms with Crippen LogP contribution in [0.15, 0.2) is 48.5 Å². The summed E-state index contributed by atoms with van der Waals surface area (Å²) in [6.45, 7) is 10.0. The van der Waals surface area contributed by atoms with Crippen molar-refractivity contribution in [2.75, 3.05) is 13.2 Å². The number of aromatic nitrogens is 2. The van der Waals surface area contributed by atoms with E-state index in [1.54, 1.807) is 22.7 Å². The number of ether oxygens (including phenoxy) is 2. The van der Waals surface area contributed by atoms with Gasteiger partial charge in [-0.05, 0) is 60.4 Å². The normalized spacial score (nSPS) is 11.5. The maximum absolute atomic E-state index is 5.77. The van der Waals surface area contributed by atoms with Gasteiger partial charge in [0.2, 0.25) is 0 Å². The summed E-state index contributed by atoms with van der Waals surface area (Å²) in [5, 5.41) is 1.98. The molecule has 0 spiro atoms. The predicted octanol–water partition coefficient (Wildman–Crippen LogP) is 7.16. The molecule has 2 aromatic carbocycles. The summed E-state index contributed by atoms with van der Waals surface area (Å²) in [6, 6.07) is 16.3.